The van der Waals surface area contributed by atoms with Gasteiger partial charge in [0.1, 0.15) is 16.5 Å². The molecule has 0 aliphatic heterocycles. The van der Waals surface area contributed by atoms with Crippen molar-refractivity contribution in [3.63, 3.8) is 0 Å². The molecule has 0 amide bonds. The number of fused-ring (bicyclic) bond motifs is 2. The van der Waals surface area contributed by atoms with Crippen LogP contribution in [-0.2, 0) is 5.60 Å². The summed E-state index contributed by atoms with van der Waals surface area (Å²) in [6.45, 7) is 0. The molecule has 0 fully saturated rings. The van der Waals surface area contributed by atoms with E-state index in [1.165, 1.54) is 23.5 Å². The first-order valence-electron chi connectivity index (χ1n) is 6.87. The molecular formula is C17H11NO4S. The Morgan fingerprint density at radius 1 is 0.957 bits per heavy atom. The van der Waals surface area contributed by atoms with Crippen LogP contribution in [0.4, 0.5) is 0 Å². The van der Waals surface area contributed by atoms with Crippen molar-refractivity contribution in [1.29, 1.82) is 0 Å². The molecule has 3 N–H and O–H groups in total. The van der Waals surface area contributed by atoms with Gasteiger partial charge < -0.3 is 15.3 Å². The Morgan fingerprint density at radius 2 is 1.52 bits per heavy atom. The average Bonchev–Trinajstić information content (AvgIpc) is 3.07. The van der Waals surface area contributed by atoms with Crippen molar-refractivity contribution in [3.8, 4) is 11.5 Å². The first kappa shape index (κ1) is 13.9. The summed E-state index contributed by atoms with van der Waals surface area (Å²) < 4.78 is 0. The Kier molecular flexibility index (Phi) is 2.81. The van der Waals surface area contributed by atoms with Crippen molar-refractivity contribution in [2.24, 2.45) is 0 Å². The second-order valence-electron chi connectivity index (χ2n) is 5.28. The molecule has 5 nitrogen and oxygen atoms in total. The zero-order valence-electron chi connectivity index (χ0n) is 11.7. The Labute approximate surface area is 135 Å². The van der Waals surface area contributed by atoms with Crippen LogP contribution in [0.5, 0.6) is 11.5 Å². The summed E-state index contributed by atoms with van der Waals surface area (Å²) in [7, 11) is 0. The summed E-state index contributed by atoms with van der Waals surface area (Å²) in [5.41, 5.74) is -1.21. The van der Waals surface area contributed by atoms with E-state index in [2.05, 4.69) is 4.98 Å². The zero-order chi connectivity index (χ0) is 16.2. The Hall–Kier alpha value is -2.70. The molecular weight excluding hydrogens is 314 g/mol. The fraction of sp³-hybridized carbons (Fsp3) is 0.0588. The van der Waals surface area contributed by atoms with Crippen molar-refractivity contribution < 1.29 is 20.1 Å². The number of thiazole rings is 1. The normalized spacial score (nSPS) is 15.1. The van der Waals surface area contributed by atoms with Crippen LogP contribution in [0.15, 0.2) is 48.0 Å². The van der Waals surface area contributed by atoms with Crippen molar-refractivity contribution in [2.45, 2.75) is 5.60 Å². The lowest BCUT2D eigenvalue weighted by Gasteiger charge is -2.34. The molecule has 0 bridgehead atoms. The van der Waals surface area contributed by atoms with Gasteiger partial charge in [-0.3, -0.25) is 4.79 Å². The van der Waals surface area contributed by atoms with E-state index in [0.29, 0.717) is 5.01 Å². The standard InChI is InChI=1S/C17H11NO4S/c19-11-5-1-3-9-13(11)15(21)14-10(4-2-6-12(14)20)17(9,22)16-18-7-8-23-16/h1-8,19-20,22H. The van der Waals surface area contributed by atoms with Crippen LogP contribution in [-0.4, -0.2) is 26.1 Å². The molecule has 0 saturated heterocycles. The highest BCUT2D eigenvalue weighted by molar-refractivity contribution is 7.09. The number of aromatic nitrogens is 1. The third kappa shape index (κ3) is 1.70. The van der Waals surface area contributed by atoms with Gasteiger partial charge in [-0.15, -0.1) is 11.3 Å². The van der Waals surface area contributed by atoms with Crippen molar-refractivity contribution in [2.75, 3.05) is 0 Å². The maximum absolute atomic E-state index is 12.8. The zero-order valence-corrected chi connectivity index (χ0v) is 12.5. The summed E-state index contributed by atoms with van der Waals surface area (Å²) in [6.07, 6.45) is 1.55. The quantitative estimate of drug-likeness (QED) is 0.639. The average molecular weight is 325 g/mol. The number of nitrogens with zero attached hydrogens (tertiary/aromatic N) is 1. The molecule has 114 valence electrons. The van der Waals surface area contributed by atoms with E-state index in [0.717, 1.165) is 0 Å². The van der Waals surface area contributed by atoms with Crippen LogP contribution in [0, 0.1) is 0 Å². The lowest BCUT2D eigenvalue weighted by atomic mass is 9.74. The number of aromatic hydroxyl groups is 2. The van der Waals surface area contributed by atoms with E-state index in [-0.39, 0.29) is 33.8 Å². The summed E-state index contributed by atoms with van der Waals surface area (Å²) >= 11 is 1.23. The molecule has 23 heavy (non-hydrogen) atoms. The molecule has 4 rings (SSSR count). The molecule has 0 unspecified atom stereocenters. The number of carbonyl (C=O) groups excluding carboxylic acids is 1. The molecule has 3 aromatic rings. The minimum Gasteiger partial charge on any atom is -0.507 e. The van der Waals surface area contributed by atoms with Crippen molar-refractivity contribution >= 4 is 17.1 Å². The van der Waals surface area contributed by atoms with Gasteiger partial charge in [0, 0.05) is 22.7 Å². The van der Waals surface area contributed by atoms with E-state index in [9.17, 15) is 20.1 Å². The fourth-order valence-corrected chi connectivity index (χ4v) is 3.83. The maximum atomic E-state index is 12.8. The second kappa shape index (κ2) is 4.65. The van der Waals surface area contributed by atoms with Gasteiger partial charge in [-0.1, -0.05) is 24.3 Å². The Balaban J connectivity index is 2.18. The van der Waals surface area contributed by atoms with Crippen molar-refractivity contribution in [3.05, 3.63) is 75.2 Å². The van der Waals surface area contributed by atoms with E-state index in [1.54, 1.807) is 35.8 Å². The van der Waals surface area contributed by atoms with Crippen LogP contribution in [0.25, 0.3) is 0 Å². The van der Waals surface area contributed by atoms with Crippen LogP contribution >= 0.6 is 11.3 Å². The predicted molar refractivity (Wildman–Crippen MR) is 83.9 cm³/mol. The molecule has 0 spiro atoms. The van der Waals surface area contributed by atoms with Crippen LogP contribution in [0.2, 0.25) is 0 Å². The number of benzene rings is 2. The molecule has 1 heterocycles. The van der Waals surface area contributed by atoms with Gasteiger partial charge in [-0.2, -0.15) is 0 Å². The van der Waals surface area contributed by atoms with Crippen LogP contribution in [0.1, 0.15) is 32.1 Å². The Morgan fingerprint density at radius 3 is 2.00 bits per heavy atom. The van der Waals surface area contributed by atoms with E-state index in [1.807, 2.05) is 0 Å². The predicted octanol–water partition coefficient (Wildman–Crippen LogP) is 2.38. The van der Waals surface area contributed by atoms with E-state index < -0.39 is 11.4 Å². The third-order valence-corrected chi connectivity index (χ3v) is 4.94. The highest BCUT2D eigenvalue weighted by Gasteiger charge is 2.47. The first-order chi connectivity index (χ1) is 11.0. The molecule has 6 heteroatoms. The second-order valence-corrected chi connectivity index (χ2v) is 6.17. The minimum atomic E-state index is -1.70. The fourth-order valence-electron chi connectivity index (χ4n) is 3.06. The summed E-state index contributed by atoms with van der Waals surface area (Å²) in [4.78, 5) is 16.9. The number of carbonyl (C=O) groups is 1. The highest BCUT2D eigenvalue weighted by Crippen LogP contribution is 2.48. The number of rotatable bonds is 1. The number of hydrogen-bond acceptors (Lipinski definition) is 6. The monoisotopic (exact) mass is 325 g/mol. The minimum absolute atomic E-state index is 0.0146. The number of aliphatic hydroxyl groups is 1. The highest BCUT2D eigenvalue weighted by atomic mass is 32.1. The third-order valence-electron chi connectivity index (χ3n) is 4.06. The van der Waals surface area contributed by atoms with E-state index >= 15 is 0 Å². The number of ketones is 1. The Bertz CT molecular complexity index is 878. The van der Waals surface area contributed by atoms with Crippen LogP contribution in [0.3, 0.4) is 0 Å². The largest absolute Gasteiger partial charge is 0.507 e. The van der Waals surface area contributed by atoms with Gasteiger partial charge in [-0.05, 0) is 12.1 Å². The van der Waals surface area contributed by atoms with E-state index in [4.69, 9.17) is 0 Å². The lowest BCUT2D eigenvalue weighted by Crippen LogP contribution is -2.36. The number of phenolic OH excluding ortho intramolecular Hbond substituents is 2. The maximum Gasteiger partial charge on any atom is 0.201 e. The lowest BCUT2D eigenvalue weighted by molar-refractivity contribution is 0.0939. The summed E-state index contributed by atoms with van der Waals surface area (Å²) in [5.74, 6) is -1.000. The van der Waals surface area contributed by atoms with Gasteiger partial charge >= 0.3 is 0 Å². The molecule has 0 atom stereocenters. The van der Waals surface area contributed by atoms with Crippen LogP contribution < -0.4 is 0 Å². The van der Waals surface area contributed by atoms with Gasteiger partial charge in [0.2, 0.25) is 5.78 Å². The van der Waals surface area contributed by atoms with Crippen molar-refractivity contribution in [1.82, 2.24) is 4.98 Å². The molecule has 1 aliphatic rings. The molecule has 2 aromatic carbocycles. The topological polar surface area (TPSA) is 90.7 Å². The molecule has 1 aromatic heterocycles. The summed E-state index contributed by atoms with van der Waals surface area (Å²) in [5, 5.41) is 33.8. The van der Waals surface area contributed by atoms with Gasteiger partial charge in [0.15, 0.2) is 5.60 Å². The van der Waals surface area contributed by atoms with Gasteiger partial charge in [0.05, 0.1) is 11.1 Å². The van der Waals surface area contributed by atoms with Gasteiger partial charge in [0.25, 0.3) is 0 Å². The molecule has 0 saturated carbocycles. The number of phenols is 2. The smallest absolute Gasteiger partial charge is 0.201 e. The van der Waals surface area contributed by atoms with Gasteiger partial charge in [-0.25, -0.2) is 4.98 Å². The molecule has 0 radical (unpaired) electrons. The first-order valence-corrected chi connectivity index (χ1v) is 7.75. The molecule has 1 aliphatic carbocycles. The SMILES string of the molecule is O=C1c2c(O)cccc2C(O)(c2nccs2)c2cccc(O)c21. The number of hydrogen-bond donors (Lipinski definition) is 3. The summed E-state index contributed by atoms with van der Waals surface area (Å²) in [6, 6.07) is 9.05.